The highest BCUT2D eigenvalue weighted by Crippen LogP contribution is 2.31. The number of ether oxygens (including phenoxy) is 1. The van der Waals surface area contributed by atoms with Gasteiger partial charge >= 0.3 is 0 Å². The average molecular weight is 198 g/mol. The van der Waals surface area contributed by atoms with Gasteiger partial charge in [-0.25, -0.2) is 0 Å². The van der Waals surface area contributed by atoms with Gasteiger partial charge in [-0.1, -0.05) is 25.7 Å². The van der Waals surface area contributed by atoms with Crippen LogP contribution in [0.4, 0.5) is 0 Å². The summed E-state index contributed by atoms with van der Waals surface area (Å²) in [4.78, 5) is 0. The molecule has 0 aromatic rings. The van der Waals surface area contributed by atoms with E-state index in [1.165, 1.54) is 38.5 Å². The van der Waals surface area contributed by atoms with Gasteiger partial charge in [0.05, 0.1) is 12.7 Å². The summed E-state index contributed by atoms with van der Waals surface area (Å²) in [5.41, 5.74) is 0. The maximum Gasteiger partial charge on any atom is 0.0619 e. The molecule has 2 fully saturated rings. The molecule has 14 heavy (non-hydrogen) atoms. The van der Waals surface area contributed by atoms with Gasteiger partial charge in [0.2, 0.25) is 0 Å². The van der Waals surface area contributed by atoms with Crippen LogP contribution in [0.3, 0.4) is 0 Å². The van der Waals surface area contributed by atoms with E-state index in [1.54, 1.807) is 0 Å². The van der Waals surface area contributed by atoms with E-state index in [0.29, 0.717) is 11.8 Å². The van der Waals surface area contributed by atoms with Crippen LogP contribution in [0.25, 0.3) is 0 Å². The first kappa shape index (κ1) is 10.4. The fourth-order valence-corrected chi connectivity index (χ4v) is 2.86. The van der Waals surface area contributed by atoms with Crippen LogP contribution in [-0.4, -0.2) is 24.4 Å². The smallest absolute Gasteiger partial charge is 0.0619 e. The van der Waals surface area contributed by atoms with E-state index in [1.807, 2.05) is 0 Å². The maximum absolute atomic E-state index is 10.2. The first-order chi connectivity index (χ1) is 6.88. The summed E-state index contributed by atoms with van der Waals surface area (Å²) < 4.78 is 5.34. The molecule has 2 unspecified atom stereocenters. The molecule has 2 heteroatoms. The Balaban J connectivity index is 1.84. The van der Waals surface area contributed by atoms with Crippen molar-refractivity contribution in [3.63, 3.8) is 0 Å². The Morgan fingerprint density at radius 2 is 1.64 bits per heavy atom. The van der Waals surface area contributed by atoms with Gasteiger partial charge in [-0.15, -0.1) is 0 Å². The molecule has 82 valence electrons. The van der Waals surface area contributed by atoms with Gasteiger partial charge in [0.1, 0.15) is 0 Å². The van der Waals surface area contributed by atoms with Crippen molar-refractivity contribution in [3.8, 4) is 0 Å². The molecule has 1 aliphatic heterocycles. The number of hydrogen-bond acceptors (Lipinski definition) is 2. The lowest BCUT2D eigenvalue weighted by Crippen LogP contribution is -2.29. The first-order valence-electron chi connectivity index (χ1n) is 6.14. The summed E-state index contributed by atoms with van der Waals surface area (Å²) >= 11 is 0. The lowest BCUT2D eigenvalue weighted by Gasteiger charge is -2.25. The lowest BCUT2D eigenvalue weighted by molar-refractivity contribution is 0.0368. The molecule has 2 atom stereocenters. The minimum Gasteiger partial charge on any atom is -0.392 e. The van der Waals surface area contributed by atoms with Gasteiger partial charge in [-0.2, -0.15) is 0 Å². The van der Waals surface area contributed by atoms with Crippen molar-refractivity contribution in [1.29, 1.82) is 0 Å². The standard InChI is InChI=1S/C12H22O2/c13-12(11-7-8-14-9-11)10-5-3-1-2-4-6-10/h10-13H,1-9H2. The minimum absolute atomic E-state index is 0.0874. The van der Waals surface area contributed by atoms with Crippen LogP contribution in [-0.2, 0) is 4.74 Å². The number of aliphatic hydroxyl groups is 1. The molecule has 0 spiro atoms. The Morgan fingerprint density at radius 1 is 0.929 bits per heavy atom. The van der Waals surface area contributed by atoms with Crippen LogP contribution in [0.5, 0.6) is 0 Å². The Labute approximate surface area is 86.6 Å². The zero-order chi connectivity index (χ0) is 9.80. The van der Waals surface area contributed by atoms with Crippen LogP contribution in [0.1, 0.15) is 44.9 Å². The quantitative estimate of drug-likeness (QED) is 0.690. The fraction of sp³-hybridized carbons (Fsp3) is 1.00. The SMILES string of the molecule is OC(C1CCCCCC1)C1CCOC1. The summed E-state index contributed by atoms with van der Waals surface area (Å²) in [6.07, 6.45) is 8.81. The molecule has 1 N–H and O–H groups in total. The molecule has 1 saturated carbocycles. The highest BCUT2D eigenvalue weighted by molar-refractivity contribution is 4.80. The second kappa shape index (κ2) is 5.13. The van der Waals surface area contributed by atoms with Crippen LogP contribution in [0.2, 0.25) is 0 Å². The maximum atomic E-state index is 10.2. The summed E-state index contributed by atoms with van der Waals surface area (Å²) in [5, 5.41) is 10.2. The third kappa shape index (κ3) is 2.48. The lowest BCUT2D eigenvalue weighted by atomic mass is 9.85. The molecule has 1 aliphatic carbocycles. The van der Waals surface area contributed by atoms with E-state index < -0.39 is 0 Å². The van der Waals surface area contributed by atoms with Crippen molar-refractivity contribution in [2.24, 2.45) is 11.8 Å². The largest absolute Gasteiger partial charge is 0.392 e. The van der Waals surface area contributed by atoms with E-state index in [9.17, 15) is 5.11 Å². The van der Waals surface area contributed by atoms with E-state index in [4.69, 9.17) is 4.74 Å². The average Bonchev–Trinajstić information content (AvgIpc) is 2.59. The van der Waals surface area contributed by atoms with Crippen molar-refractivity contribution in [1.82, 2.24) is 0 Å². The van der Waals surface area contributed by atoms with Crippen molar-refractivity contribution >= 4 is 0 Å². The van der Waals surface area contributed by atoms with E-state index in [-0.39, 0.29) is 6.10 Å². The Bertz CT molecular complexity index is 156. The molecule has 0 bridgehead atoms. The summed E-state index contributed by atoms with van der Waals surface area (Å²) in [6, 6.07) is 0. The molecular weight excluding hydrogens is 176 g/mol. The number of hydrogen-bond donors (Lipinski definition) is 1. The molecule has 0 radical (unpaired) electrons. The van der Waals surface area contributed by atoms with Crippen molar-refractivity contribution in [2.45, 2.75) is 51.0 Å². The molecule has 1 saturated heterocycles. The normalized spacial score (nSPS) is 32.8. The van der Waals surface area contributed by atoms with Gasteiger partial charge in [-0.3, -0.25) is 0 Å². The second-order valence-electron chi connectivity index (χ2n) is 4.87. The summed E-state index contributed by atoms with van der Waals surface area (Å²) in [6.45, 7) is 1.64. The molecule has 1 heterocycles. The third-order valence-corrected chi connectivity index (χ3v) is 3.83. The predicted molar refractivity (Wildman–Crippen MR) is 56.1 cm³/mol. The summed E-state index contributed by atoms with van der Waals surface area (Å²) in [7, 11) is 0. The van der Waals surface area contributed by atoms with Gasteiger partial charge in [0.15, 0.2) is 0 Å². The molecule has 0 aromatic heterocycles. The molecule has 2 rings (SSSR count). The third-order valence-electron chi connectivity index (χ3n) is 3.83. The van der Waals surface area contributed by atoms with E-state index >= 15 is 0 Å². The Hall–Kier alpha value is -0.0800. The Kier molecular flexibility index (Phi) is 3.82. The topological polar surface area (TPSA) is 29.5 Å². The zero-order valence-electron chi connectivity index (χ0n) is 8.95. The van der Waals surface area contributed by atoms with Gasteiger partial charge in [0.25, 0.3) is 0 Å². The number of rotatable bonds is 2. The Morgan fingerprint density at radius 3 is 2.21 bits per heavy atom. The fourth-order valence-electron chi connectivity index (χ4n) is 2.86. The van der Waals surface area contributed by atoms with Crippen molar-refractivity contribution in [3.05, 3.63) is 0 Å². The molecule has 0 amide bonds. The highest BCUT2D eigenvalue weighted by Gasteiger charge is 2.30. The van der Waals surface area contributed by atoms with Gasteiger partial charge < -0.3 is 9.84 Å². The van der Waals surface area contributed by atoms with E-state index in [0.717, 1.165) is 19.6 Å². The summed E-state index contributed by atoms with van der Waals surface area (Å²) in [5.74, 6) is 0.988. The van der Waals surface area contributed by atoms with Gasteiger partial charge in [-0.05, 0) is 25.2 Å². The van der Waals surface area contributed by atoms with Crippen LogP contribution in [0.15, 0.2) is 0 Å². The monoisotopic (exact) mass is 198 g/mol. The highest BCUT2D eigenvalue weighted by atomic mass is 16.5. The van der Waals surface area contributed by atoms with Crippen molar-refractivity contribution < 1.29 is 9.84 Å². The minimum atomic E-state index is -0.0874. The molecular formula is C12H22O2. The second-order valence-corrected chi connectivity index (χ2v) is 4.87. The molecule has 0 aromatic carbocycles. The van der Waals surface area contributed by atoms with Crippen LogP contribution < -0.4 is 0 Å². The van der Waals surface area contributed by atoms with E-state index in [2.05, 4.69) is 0 Å². The van der Waals surface area contributed by atoms with Crippen molar-refractivity contribution in [2.75, 3.05) is 13.2 Å². The van der Waals surface area contributed by atoms with Gasteiger partial charge in [0, 0.05) is 12.5 Å². The predicted octanol–water partition coefficient (Wildman–Crippen LogP) is 2.35. The number of aliphatic hydroxyl groups excluding tert-OH is 1. The molecule has 2 aliphatic rings. The van der Waals surface area contributed by atoms with Crippen LogP contribution >= 0.6 is 0 Å². The first-order valence-corrected chi connectivity index (χ1v) is 6.14. The molecule has 2 nitrogen and oxygen atoms in total. The van der Waals surface area contributed by atoms with Crippen LogP contribution in [0, 0.1) is 11.8 Å². The zero-order valence-corrected chi connectivity index (χ0v) is 8.95.